The molecule has 4 heterocycles. The number of rotatable bonds is 11. The van der Waals surface area contributed by atoms with Gasteiger partial charge in [0.2, 0.25) is 5.91 Å². The maximum atomic E-state index is 13.0. The molecule has 1 saturated heterocycles. The number of carbonyl (C=O) groups is 4. The number of aryl methyl sites for hydroxylation is 1. The van der Waals surface area contributed by atoms with Crippen molar-refractivity contribution in [3.8, 4) is 11.5 Å². The van der Waals surface area contributed by atoms with Crippen LogP contribution in [0.25, 0.3) is 0 Å². The molecule has 0 bridgehead atoms. The molecule has 13 nitrogen and oxygen atoms in total. The molecular formula is C29H32N6O7S. The zero-order valence-corrected chi connectivity index (χ0v) is 24.9. The number of nitrogens with zero attached hydrogens (tertiary/aromatic N) is 4. The Labute approximate surface area is 251 Å². The first-order valence-corrected chi connectivity index (χ1v) is 14.8. The van der Waals surface area contributed by atoms with Crippen molar-refractivity contribution in [3.05, 3.63) is 46.7 Å². The molecule has 1 fully saturated rings. The molecular weight excluding hydrogens is 576 g/mol. The van der Waals surface area contributed by atoms with Gasteiger partial charge in [-0.3, -0.25) is 24.7 Å². The summed E-state index contributed by atoms with van der Waals surface area (Å²) in [4.78, 5) is 60.7. The number of nitrogens with one attached hydrogen (secondary N) is 2. The van der Waals surface area contributed by atoms with Crippen LogP contribution in [0.1, 0.15) is 63.9 Å². The van der Waals surface area contributed by atoms with Crippen molar-refractivity contribution in [1.82, 2.24) is 14.5 Å². The molecule has 2 aromatic heterocycles. The zero-order valence-electron chi connectivity index (χ0n) is 24.0. The molecule has 0 radical (unpaired) electrons. The van der Waals surface area contributed by atoms with Crippen molar-refractivity contribution in [1.29, 1.82) is 0 Å². The first kappa shape index (κ1) is 29.8. The van der Waals surface area contributed by atoms with Crippen LogP contribution < -0.4 is 20.1 Å². The molecule has 2 aliphatic heterocycles. The molecule has 3 aromatic rings. The summed E-state index contributed by atoms with van der Waals surface area (Å²) in [6.45, 7) is 2.87. The highest BCUT2D eigenvalue weighted by Gasteiger charge is 2.32. The second-order valence-electron chi connectivity index (χ2n) is 9.94. The SMILES string of the molecule is CCOC(=O)c1csc(NC(=O)c2cc(NC(=O)CCCOc3cc4c(cc3OC)C(=O)N3CCC[C@H]3C=N4)cn2C)n1. The molecule has 5 rings (SSSR count). The van der Waals surface area contributed by atoms with Crippen molar-refractivity contribution in [2.45, 2.75) is 38.6 Å². The maximum Gasteiger partial charge on any atom is 0.357 e. The Morgan fingerprint density at radius 2 is 2.00 bits per heavy atom. The third-order valence-corrected chi connectivity index (χ3v) is 7.75. The van der Waals surface area contributed by atoms with Crippen LogP contribution in [0.3, 0.4) is 0 Å². The van der Waals surface area contributed by atoms with Crippen molar-refractivity contribution < 1.29 is 33.4 Å². The number of fused-ring (bicyclic) bond motifs is 2. The van der Waals surface area contributed by atoms with Crippen LogP contribution in [0, 0.1) is 0 Å². The average molecular weight is 609 g/mol. The first-order chi connectivity index (χ1) is 20.8. The van der Waals surface area contributed by atoms with Gasteiger partial charge in [0.05, 0.1) is 43.3 Å². The number of aliphatic imine (C=N–C) groups is 1. The monoisotopic (exact) mass is 608 g/mol. The van der Waals surface area contributed by atoms with Gasteiger partial charge in [-0.2, -0.15) is 0 Å². The lowest BCUT2D eigenvalue weighted by Gasteiger charge is -2.20. The zero-order chi connectivity index (χ0) is 30.5. The van der Waals surface area contributed by atoms with E-state index in [-0.39, 0.29) is 48.3 Å². The molecule has 2 N–H and O–H groups in total. The molecule has 1 atom stereocenters. The summed E-state index contributed by atoms with van der Waals surface area (Å²) < 4.78 is 17.9. The van der Waals surface area contributed by atoms with Gasteiger partial charge in [-0.25, -0.2) is 9.78 Å². The quantitative estimate of drug-likeness (QED) is 0.244. The minimum absolute atomic E-state index is 0.00729. The fourth-order valence-electron chi connectivity index (χ4n) is 4.91. The Hall–Kier alpha value is -4.72. The van der Waals surface area contributed by atoms with Gasteiger partial charge in [0, 0.05) is 43.9 Å². The third kappa shape index (κ3) is 6.69. The molecule has 3 amide bonds. The lowest BCUT2D eigenvalue weighted by Crippen LogP contribution is -2.35. The lowest BCUT2D eigenvalue weighted by atomic mass is 10.1. The molecule has 0 unspecified atom stereocenters. The van der Waals surface area contributed by atoms with E-state index in [0.29, 0.717) is 47.1 Å². The number of hydrogen-bond donors (Lipinski definition) is 2. The number of hydrogen-bond acceptors (Lipinski definition) is 10. The average Bonchev–Trinajstić information content (AvgIpc) is 3.72. The summed E-state index contributed by atoms with van der Waals surface area (Å²) in [5.41, 5.74) is 1.89. The second-order valence-corrected chi connectivity index (χ2v) is 10.8. The van der Waals surface area contributed by atoms with Gasteiger partial charge in [-0.15, -0.1) is 11.3 Å². The van der Waals surface area contributed by atoms with E-state index in [1.807, 2.05) is 11.1 Å². The van der Waals surface area contributed by atoms with Crippen LogP contribution in [0.5, 0.6) is 11.5 Å². The van der Waals surface area contributed by atoms with E-state index in [1.165, 1.54) is 12.5 Å². The van der Waals surface area contributed by atoms with Crippen molar-refractivity contribution >= 4 is 57.7 Å². The molecule has 0 saturated carbocycles. The maximum absolute atomic E-state index is 13.0. The number of carbonyl (C=O) groups excluding carboxylic acids is 4. The summed E-state index contributed by atoms with van der Waals surface area (Å²) in [7, 11) is 3.19. The molecule has 2 aliphatic rings. The number of aromatic nitrogens is 2. The van der Waals surface area contributed by atoms with Crippen LogP contribution in [0.2, 0.25) is 0 Å². The van der Waals surface area contributed by atoms with Gasteiger partial charge in [0.25, 0.3) is 11.8 Å². The number of benzene rings is 1. The normalized spacial score (nSPS) is 15.4. The molecule has 1 aromatic carbocycles. The number of amides is 3. The second kappa shape index (κ2) is 13.1. The Morgan fingerprint density at radius 1 is 1.16 bits per heavy atom. The Balaban J connectivity index is 1.12. The number of methoxy groups -OCH3 is 1. The lowest BCUT2D eigenvalue weighted by molar-refractivity contribution is -0.116. The molecule has 0 spiro atoms. The van der Waals surface area contributed by atoms with Gasteiger partial charge >= 0.3 is 5.97 Å². The van der Waals surface area contributed by atoms with Gasteiger partial charge in [-0.05, 0) is 38.3 Å². The Morgan fingerprint density at radius 3 is 2.79 bits per heavy atom. The Kier molecular flexibility index (Phi) is 9.04. The molecule has 43 heavy (non-hydrogen) atoms. The van der Waals surface area contributed by atoms with E-state index in [2.05, 4.69) is 20.6 Å². The van der Waals surface area contributed by atoms with Gasteiger partial charge in [0.15, 0.2) is 22.3 Å². The summed E-state index contributed by atoms with van der Waals surface area (Å²) in [5.74, 6) is -0.440. The van der Waals surface area contributed by atoms with Crippen molar-refractivity contribution in [2.24, 2.45) is 12.0 Å². The van der Waals surface area contributed by atoms with Gasteiger partial charge in [-0.1, -0.05) is 0 Å². The molecule has 0 aliphatic carbocycles. The number of esters is 1. The standard InChI is InChI=1S/C29H32N6O7S/c1-4-41-28(39)21-16-43-29(32-21)33-26(37)22-11-17(15-34(22)2)31-25(36)8-6-10-42-24-13-20-19(12-23(24)40-3)27(38)35-9-5-7-18(35)14-30-20/h11-16,18H,4-10H2,1-3H3,(H,31,36)(H,32,33,37)/t18-/m0/s1. The van der Waals surface area contributed by atoms with Crippen LogP contribution in [0.15, 0.2) is 34.8 Å². The van der Waals surface area contributed by atoms with E-state index in [9.17, 15) is 19.2 Å². The van der Waals surface area contributed by atoms with Gasteiger partial charge in [0.1, 0.15) is 5.69 Å². The fraction of sp³-hybridized carbons (Fsp3) is 0.379. The summed E-state index contributed by atoms with van der Waals surface area (Å²) in [6.07, 6.45) is 5.89. The van der Waals surface area contributed by atoms with Crippen LogP contribution in [-0.4, -0.2) is 77.3 Å². The largest absolute Gasteiger partial charge is 0.493 e. The van der Waals surface area contributed by atoms with E-state index < -0.39 is 11.9 Å². The number of anilines is 2. The predicted molar refractivity (Wildman–Crippen MR) is 160 cm³/mol. The highest BCUT2D eigenvalue weighted by Crippen LogP contribution is 2.38. The smallest absolute Gasteiger partial charge is 0.357 e. The van der Waals surface area contributed by atoms with Crippen LogP contribution in [0.4, 0.5) is 16.5 Å². The predicted octanol–water partition coefficient (Wildman–Crippen LogP) is 4.04. The summed E-state index contributed by atoms with van der Waals surface area (Å²) >= 11 is 1.11. The molecule has 226 valence electrons. The summed E-state index contributed by atoms with van der Waals surface area (Å²) in [5, 5.41) is 7.21. The highest BCUT2D eigenvalue weighted by molar-refractivity contribution is 7.14. The first-order valence-electron chi connectivity index (χ1n) is 13.9. The Bertz CT molecular complexity index is 1580. The highest BCUT2D eigenvalue weighted by atomic mass is 32.1. The van der Waals surface area contributed by atoms with Crippen molar-refractivity contribution in [2.75, 3.05) is 37.5 Å². The van der Waals surface area contributed by atoms with E-state index in [1.54, 1.807) is 42.9 Å². The van der Waals surface area contributed by atoms with E-state index in [4.69, 9.17) is 14.2 Å². The topological polar surface area (TPSA) is 153 Å². The minimum atomic E-state index is -0.559. The van der Waals surface area contributed by atoms with Gasteiger partial charge < -0.3 is 29.0 Å². The number of thiazole rings is 1. The van der Waals surface area contributed by atoms with Crippen LogP contribution in [-0.2, 0) is 16.6 Å². The van der Waals surface area contributed by atoms with Crippen molar-refractivity contribution in [3.63, 3.8) is 0 Å². The number of ether oxygens (including phenoxy) is 3. The van der Waals surface area contributed by atoms with E-state index in [0.717, 1.165) is 24.2 Å². The molecule has 14 heteroatoms. The fourth-order valence-corrected chi connectivity index (χ4v) is 5.58. The van der Waals surface area contributed by atoms with E-state index >= 15 is 0 Å². The minimum Gasteiger partial charge on any atom is -0.493 e. The van der Waals surface area contributed by atoms with Crippen LogP contribution >= 0.6 is 11.3 Å². The third-order valence-electron chi connectivity index (χ3n) is 6.99. The summed E-state index contributed by atoms with van der Waals surface area (Å²) in [6, 6.07) is 4.92.